The minimum atomic E-state index is -4.19. The molecule has 9 heteroatoms. The van der Waals surface area contributed by atoms with E-state index in [4.69, 9.17) is 4.74 Å². The Morgan fingerprint density at radius 2 is 1.43 bits per heavy atom. The van der Waals surface area contributed by atoms with Crippen molar-refractivity contribution in [3.8, 4) is 5.75 Å². The first-order chi connectivity index (χ1) is 22.2. The molecule has 2 amide bonds. The highest BCUT2D eigenvalue weighted by atomic mass is 32.2. The Balaban J connectivity index is 1.75. The molecule has 0 aliphatic carbocycles. The number of para-hydroxylation sites is 1. The van der Waals surface area contributed by atoms with Crippen LogP contribution in [0.25, 0.3) is 0 Å². The Labute approximate surface area is 273 Å². The van der Waals surface area contributed by atoms with Crippen molar-refractivity contribution < 1.29 is 22.7 Å². The molecule has 4 aromatic rings. The molecule has 0 saturated heterocycles. The van der Waals surface area contributed by atoms with Gasteiger partial charge in [0.15, 0.2) is 0 Å². The van der Waals surface area contributed by atoms with Gasteiger partial charge >= 0.3 is 0 Å². The van der Waals surface area contributed by atoms with E-state index in [-0.39, 0.29) is 23.8 Å². The maximum Gasteiger partial charge on any atom is 0.264 e. The van der Waals surface area contributed by atoms with Crippen LogP contribution in [0.5, 0.6) is 5.75 Å². The van der Waals surface area contributed by atoms with Crippen LogP contribution in [-0.2, 0) is 32.6 Å². The Morgan fingerprint density at radius 1 is 0.804 bits per heavy atom. The molecule has 1 atom stereocenters. The first-order valence-electron chi connectivity index (χ1n) is 15.7. The molecule has 46 heavy (non-hydrogen) atoms. The summed E-state index contributed by atoms with van der Waals surface area (Å²) < 4.78 is 34.9. The molecule has 8 nitrogen and oxygen atoms in total. The topological polar surface area (TPSA) is 96.0 Å². The molecule has 0 aliphatic heterocycles. The molecule has 0 aromatic heterocycles. The van der Waals surface area contributed by atoms with Gasteiger partial charge in [-0.3, -0.25) is 13.9 Å². The van der Waals surface area contributed by atoms with Gasteiger partial charge in [-0.25, -0.2) is 8.42 Å². The van der Waals surface area contributed by atoms with E-state index in [0.717, 1.165) is 33.8 Å². The molecule has 242 valence electrons. The summed E-state index contributed by atoms with van der Waals surface area (Å²) in [5.74, 6) is -0.227. The Kier molecular flexibility index (Phi) is 12.4. The van der Waals surface area contributed by atoms with E-state index in [2.05, 4.69) is 5.32 Å². The smallest absolute Gasteiger partial charge is 0.264 e. The second-order valence-electron chi connectivity index (χ2n) is 11.1. The summed E-state index contributed by atoms with van der Waals surface area (Å²) in [6, 6.07) is 31.1. The van der Waals surface area contributed by atoms with Crippen LogP contribution in [0.2, 0.25) is 0 Å². The molecule has 0 aliphatic rings. The molecule has 4 rings (SSSR count). The normalized spacial score (nSPS) is 11.8. The van der Waals surface area contributed by atoms with Gasteiger partial charge in [-0.15, -0.1) is 0 Å². The lowest BCUT2D eigenvalue weighted by Crippen LogP contribution is -2.53. The number of amides is 2. The third kappa shape index (κ3) is 9.20. The quantitative estimate of drug-likeness (QED) is 0.148. The van der Waals surface area contributed by atoms with Gasteiger partial charge in [0, 0.05) is 19.5 Å². The molecular formula is C37H43N3O5S. The SMILES string of the molecule is CCCCNC(=O)[C@@H](Cc1ccccc1)N(Cc1ccc(C)cc1)C(=O)CN(c1ccccc1)S(=O)(=O)c1ccc(OCC)cc1. The van der Waals surface area contributed by atoms with Crippen LogP contribution in [0, 0.1) is 6.92 Å². The maximum atomic E-state index is 14.5. The van der Waals surface area contributed by atoms with Crippen molar-refractivity contribution in [1.82, 2.24) is 10.2 Å². The molecule has 4 aromatic carbocycles. The zero-order chi connectivity index (χ0) is 32.9. The average Bonchev–Trinajstić information content (AvgIpc) is 3.07. The lowest BCUT2D eigenvalue weighted by Gasteiger charge is -2.34. The Hall–Kier alpha value is -4.63. The highest BCUT2D eigenvalue weighted by Gasteiger charge is 2.34. The maximum absolute atomic E-state index is 14.5. The first kappa shape index (κ1) is 34.2. The summed E-state index contributed by atoms with van der Waals surface area (Å²) >= 11 is 0. The third-order valence-electron chi connectivity index (χ3n) is 7.62. The van der Waals surface area contributed by atoms with E-state index < -0.39 is 28.5 Å². The second kappa shape index (κ2) is 16.6. The monoisotopic (exact) mass is 641 g/mol. The summed E-state index contributed by atoms with van der Waals surface area (Å²) in [7, 11) is -4.19. The minimum absolute atomic E-state index is 0.0239. The van der Waals surface area contributed by atoms with E-state index in [1.54, 1.807) is 42.5 Å². The number of carbonyl (C=O) groups excluding carboxylic acids is 2. The standard InChI is InChI=1S/C37H43N3O5S/c1-4-6-25-38-37(42)35(26-30-13-9-7-10-14-30)39(27-31-19-17-29(3)18-20-31)36(41)28-40(32-15-11-8-12-16-32)46(43,44)34-23-21-33(22-24-34)45-5-2/h7-24,35H,4-6,25-28H2,1-3H3,(H,38,42)/t35-/m1/s1. The van der Waals surface area contributed by atoms with Gasteiger partial charge in [0.25, 0.3) is 10.0 Å². The number of hydrogen-bond acceptors (Lipinski definition) is 5. The van der Waals surface area contributed by atoms with Crippen LogP contribution >= 0.6 is 0 Å². The van der Waals surface area contributed by atoms with Crippen LogP contribution in [0.15, 0.2) is 114 Å². The van der Waals surface area contributed by atoms with E-state index in [1.807, 2.05) is 75.4 Å². The molecular weight excluding hydrogens is 598 g/mol. The minimum Gasteiger partial charge on any atom is -0.494 e. The van der Waals surface area contributed by atoms with Crippen molar-refractivity contribution in [3.05, 3.63) is 126 Å². The average molecular weight is 642 g/mol. The first-order valence-corrected chi connectivity index (χ1v) is 17.1. The molecule has 0 saturated carbocycles. The number of nitrogens with one attached hydrogen (secondary N) is 1. The van der Waals surface area contributed by atoms with Crippen molar-refractivity contribution in [1.29, 1.82) is 0 Å². The van der Waals surface area contributed by atoms with Crippen molar-refractivity contribution in [2.75, 3.05) is 24.0 Å². The number of unbranched alkanes of at least 4 members (excludes halogenated alkanes) is 1. The van der Waals surface area contributed by atoms with Crippen molar-refractivity contribution >= 4 is 27.5 Å². The third-order valence-corrected chi connectivity index (χ3v) is 9.41. The predicted molar refractivity (Wildman–Crippen MR) is 182 cm³/mol. The fourth-order valence-electron chi connectivity index (χ4n) is 5.08. The summed E-state index contributed by atoms with van der Waals surface area (Å²) in [6.07, 6.45) is 1.98. The second-order valence-corrected chi connectivity index (χ2v) is 13.0. The Bertz CT molecular complexity index is 1650. The number of ether oxygens (including phenoxy) is 1. The number of sulfonamides is 1. The van der Waals surface area contributed by atoms with Gasteiger partial charge in [0.2, 0.25) is 11.8 Å². The lowest BCUT2D eigenvalue weighted by atomic mass is 10.0. The number of aryl methyl sites for hydroxylation is 1. The van der Waals surface area contributed by atoms with Crippen LogP contribution in [-0.4, -0.2) is 50.9 Å². The number of hydrogen-bond donors (Lipinski definition) is 1. The molecule has 0 spiro atoms. The molecule has 0 heterocycles. The van der Waals surface area contributed by atoms with E-state index in [9.17, 15) is 18.0 Å². The van der Waals surface area contributed by atoms with Gasteiger partial charge in [-0.2, -0.15) is 0 Å². The van der Waals surface area contributed by atoms with Gasteiger partial charge in [-0.1, -0.05) is 91.7 Å². The highest BCUT2D eigenvalue weighted by molar-refractivity contribution is 7.92. The van der Waals surface area contributed by atoms with Gasteiger partial charge < -0.3 is 15.0 Å². The number of benzene rings is 4. The Morgan fingerprint density at radius 3 is 2.04 bits per heavy atom. The molecule has 1 N–H and O–H groups in total. The number of anilines is 1. The molecule has 0 bridgehead atoms. The fourth-order valence-corrected chi connectivity index (χ4v) is 6.49. The predicted octanol–water partition coefficient (Wildman–Crippen LogP) is 6.15. The van der Waals surface area contributed by atoms with Crippen molar-refractivity contribution in [2.24, 2.45) is 0 Å². The summed E-state index contributed by atoms with van der Waals surface area (Å²) in [5, 5.41) is 3.01. The van der Waals surface area contributed by atoms with E-state index >= 15 is 0 Å². The number of rotatable bonds is 16. The number of carbonyl (C=O) groups is 2. The zero-order valence-electron chi connectivity index (χ0n) is 26.8. The van der Waals surface area contributed by atoms with E-state index in [1.165, 1.54) is 17.0 Å². The van der Waals surface area contributed by atoms with Gasteiger partial charge in [0.05, 0.1) is 17.2 Å². The van der Waals surface area contributed by atoms with Crippen LogP contribution in [0.4, 0.5) is 5.69 Å². The fraction of sp³-hybridized carbons (Fsp3) is 0.297. The molecule has 0 unspecified atom stereocenters. The van der Waals surface area contributed by atoms with Crippen molar-refractivity contribution in [2.45, 2.75) is 57.5 Å². The van der Waals surface area contributed by atoms with Crippen LogP contribution < -0.4 is 14.4 Å². The lowest BCUT2D eigenvalue weighted by molar-refractivity contribution is -0.140. The zero-order valence-corrected chi connectivity index (χ0v) is 27.6. The highest BCUT2D eigenvalue weighted by Crippen LogP contribution is 2.26. The van der Waals surface area contributed by atoms with E-state index in [0.29, 0.717) is 24.6 Å². The number of nitrogens with zero attached hydrogens (tertiary/aromatic N) is 2. The van der Waals surface area contributed by atoms with Gasteiger partial charge in [0.1, 0.15) is 18.3 Å². The van der Waals surface area contributed by atoms with Gasteiger partial charge in [-0.05, 0) is 67.8 Å². The summed E-state index contributed by atoms with van der Waals surface area (Å²) in [6.45, 7) is 6.44. The summed E-state index contributed by atoms with van der Waals surface area (Å²) in [5.41, 5.74) is 3.13. The molecule has 0 radical (unpaired) electrons. The van der Waals surface area contributed by atoms with Crippen LogP contribution in [0.1, 0.15) is 43.4 Å². The largest absolute Gasteiger partial charge is 0.494 e. The van der Waals surface area contributed by atoms with Crippen LogP contribution in [0.3, 0.4) is 0 Å². The molecule has 0 fully saturated rings. The van der Waals surface area contributed by atoms with Crippen molar-refractivity contribution in [3.63, 3.8) is 0 Å². The summed E-state index contributed by atoms with van der Waals surface area (Å²) in [4.78, 5) is 29.9.